The molecule has 3 aliphatic rings. The van der Waals surface area contributed by atoms with E-state index < -0.39 is 17.9 Å². The molecule has 112 valence electrons. The second-order valence-corrected chi connectivity index (χ2v) is 6.20. The maximum absolute atomic E-state index is 12.3. The van der Waals surface area contributed by atoms with Crippen LogP contribution in [0.5, 0.6) is 0 Å². The fourth-order valence-electron chi connectivity index (χ4n) is 3.74. The van der Waals surface area contributed by atoms with Crippen LogP contribution in [0.15, 0.2) is 0 Å². The number of carbonyl (C=O) groups excluding carboxylic acids is 1. The normalized spacial score (nSPS) is 40.3. The smallest absolute Gasteiger partial charge is 0.311 e. The standard InChI is InChI=1S/C14H22N2O4/c17-13(16-12-7-20-6-9(12)14(18)19)11-5-8-3-1-2-4-10(8)15-11/h8-12,15H,1-7H2,(H,16,17)(H,18,19). The first kappa shape index (κ1) is 13.8. The Morgan fingerprint density at radius 1 is 1.20 bits per heavy atom. The van der Waals surface area contributed by atoms with Gasteiger partial charge in [0.25, 0.3) is 0 Å². The van der Waals surface area contributed by atoms with Gasteiger partial charge in [-0.25, -0.2) is 0 Å². The fraction of sp³-hybridized carbons (Fsp3) is 0.857. The van der Waals surface area contributed by atoms with Crippen LogP contribution in [0.4, 0.5) is 0 Å². The van der Waals surface area contributed by atoms with Gasteiger partial charge in [-0.15, -0.1) is 0 Å². The van der Waals surface area contributed by atoms with Gasteiger partial charge in [-0.05, 0) is 25.2 Å². The van der Waals surface area contributed by atoms with Crippen molar-refractivity contribution in [3.05, 3.63) is 0 Å². The molecule has 0 radical (unpaired) electrons. The van der Waals surface area contributed by atoms with Crippen LogP contribution in [0.25, 0.3) is 0 Å². The van der Waals surface area contributed by atoms with E-state index in [0.717, 1.165) is 12.8 Å². The Morgan fingerprint density at radius 3 is 2.75 bits per heavy atom. The zero-order valence-electron chi connectivity index (χ0n) is 11.5. The average molecular weight is 282 g/mol. The molecule has 0 spiro atoms. The highest BCUT2D eigenvalue weighted by Gasteiger charge is 2.41. The minimum absolute atomic E-state index is 0.0684. The van der Waals surface area contributed by atoms with Gasteiger partial charge in [0.2, 0.25) is 5.91 Å². The van der Waals surface area contributed by atoms with E-state index in [4.69, 9.17) is 9.84 Å². The summed E-state index contributed by atoms with van der Waals surface area (Å²) in [5, 5.41) is 15.3. The maximum atomic E-state index is 12.3. The molecule has 3 fully saturated rings. The Morgan fingerprint density at radius 2 is 2.00 bits per heavy atom. The summed E-state index contributed by atoms with van der Waals surface area (Å²) in [4.78, 5) is 23.4. The van der Waals surface area contributed by atoms with Gasteiger partial charge in [0.1, 0.15) is 5.92 Å². The van der Waals surface area contributed by atoms with Gasteiger partial charge in [0.15, 0.2) is 0 Å². The van der Waals surface area contributed by atoms with Crippen molar-refractivity contribution in [2.75, 3.05) is 13.2 Å². The third-order valence-corrected chi connectivity index (χ3v) is 4.90. The quantitative estimate of drug-likeness (QED) is 0.684. The van der Waals surface area contributed by atoms with Gasteiger partial charge in [0, 0.05) is 6.04 Å². The number of hydrogen-bond donors (Lipinski definition) is 3. The monoisotopic (exact) mass is 282 g/mol. The number of carboxylic acids is 1. The predicted molar refractivity (Wildman–Crippen MR) is 71.2 cm³/mol. The van der Waals surface area contributed by atoms with Crippen LogP contribution < -0.4 is 10.6 Å². The zero-order chi connectivity index (χ0) is 14.1. The first-order valence-electron chi connectivity index (χ1n) is 7.52. The maximum Gasteiger partial charge on any atom is 0.311 e. The largest absolute Gasteiger partial charge is 0.481 e. The third kappa shape index (κ3) is 2.67. The van der Waals surface area contributed by atoms with E-state index in [1.807, 2.05) is 0 Å². The van der Waals surface area contributed by atoms with E-state index in [0.29, 0.717) is 18.6 Å². The summed E-state index contributed by atoms with van der Waals surface area (Å²) in [6.45, 7) is 0.478. The van der Waals surface area contributed by atoms with Crippen LogP contribution in [0.3, 0.4) is 0 Å². The first-order chi connectivity index (χ1) is 9.65. The van der Waals surface area contributed by atoms with Crippen molar-refractivity contribution >= 4 is 11.9 Å². The molecule has 3 rings (SSSR count). The number of carbonyl (C=O) groups is 2. The van der Waals surface area contributed by atoms with E-state index in [9.17, 15) is 9.59 Å². The molecule has 0 aromatic carbocycles. The topological polar surface area (TPSA) is 87.7 Å². The lowest BCUT2D eigenvalue weighted by Crippen LogP contribution is -2.50. The molecule has 0 aromatic heterocycles. The first-order valence-corrected chi connectivity index (χ1v) is 7.52. The van der Waals surface area contributed by atoms with E-state index in [2.05, 4.69) is 10.6 Å². The lowest BCUT2D eigenvalue weighted by atomic mass is 9.85. The van der Waals surface area contributed by atoms with E-state index in [1.54, 1.807) is 0 Å². The van der Waals surface area contributed by atoms with Crippen LogP contribution in [-0.4, -0.2) is 48.3 Å². The number of fused-ring (bicyclic) bond motifs is 1. The van der Waals surface area contributed by atoms with E-state index in [-0.39, 0.29) is 18.6 Å². The van der Waals surface area contributed by atoms with Crippen molar-refractivity contribution in [3.63, 3.8) is 0 Å². The number of nitrogens with one attached hydrogen (secondary N) is 2. The van der Waals surface area contributed by atoms with Crippen molar-refractivity contribution in [2.45, 2.75) is 50.2 Å². The van der Waals surface area contributed by atoms with Crippen LogP contribution in [0, 0.1) is 11.8 Å². The SMILES string of the molecule is O=C(NC1COCC1C(=O)O)C1CC2CCCCC2N1. The predicted octanol–water partition coefficient (Wildman–Crippen LogP) is 0.123. The number of aliphatic carboxylic acids is 1. The van der Waals surface area contributed by atoms with Crippen molar-refractivity contribution in [2.24, 2.45) is 11.8 Å². The van der Waals surface area contributed by atoms with Gasteiger partial charge >= 0.3 is 5.97 Å². The number of amides is 1. The Bertz CT molecular complexity index is 387. The van der Waals surface area contributed by atoms with E-state index >= 15 is 0 Å². The molecule has 3 N–H and O–H groups in total. The summed E-state index contributed by atoms with van der Waals surface area (Å²) in [5.41, 5.74) is 0. The highest BCUT2D eigenvalue weighted by atomic mass is 16.5. The number of hydrogen-bond acceptors (Lipinski definition) is 4. The highest BCUT2D eigenvalue weighted by Crippen LogP contribution is 2.33. The molecule has 1 aliphatic carbocycles. The fourth-order valence-corrected chi connectivity index (χ4v) is 3.74. The molecule has 6 heteroatoms. The molecule has 0 aromatic rings. The summed E-state index contributed by atoms with van der Waals surface area (Å²) < 4.78 is 5.17. The van der Waals surface area contributed by atoms with Crippen LogP contribution >= 0.6 is 0 Å². The van der Waals surface area contributed by atoms with Crippen LogP contribution in [-0.2, 0) is 14.3 Å². The van der Waals surface area contributed by atoms with Crippen molar-refractivity contribution in [1.82, 2.24) is 10.6 Å². The molecule has 0 bridgehead atoms. The molecule has 5 atom stereocenters. The zero-order valence-corrected chi connectivity index (χ0v) is 11.5. The van der Waals surface area contributed by atoms with Gasteiger partial charge in [0.05, 0.1) is 25.3 Å². The Kier molecular flexibility index (Phi) is 3.94. The van der Waals surface area contributed by atoms with Crippen LogP contribution in [0.1, 0.15) is 32.1 Å². The van der Waals surface area contributed by atoms with Crippen molar-refractivity contribution in [3.8, 4) is 0 Å². The summed E-state index contributed by atoms with van der Waals surface area (Å²) in [7, 11) is 0. The molecular weight excluding hydrogens is 260 g/mol. The molecule has 6 nitrogen and oxygen atoms in total. The molecule has 2 aliphatic heterocycles. The van der Waals surface area contributed by atoms with Crippen LogP contribution in [0.2, 0.25) is 0 Å². The third-order valence-electron chi connectivity index (χ3n) is 4.90. The molecule has 1 saturated carbocycles. The van der Waals surface area contributed by atoms with Gasteiger partial charge < -0.3 is 20.5 Å². The number of ether oxygens (including phenoxy) is 1. The van der Waals surface area contributed by atoms with Gasteiger partial charge in [-0.3, -0.25) is 9.59 Å². The summed E-state index contributed by atoms with van der Waals surface area (Å²) >= 11 is 0. The Hall–Kier alpha value is -1.14. The number of rotatable bonds is 3. The minimum Gasteiger partial charge on any atom is -0.481 e. The molecule has 5 unspecified atom stereocenters. The minimum atomic E-state index is -0.902. The van der Waals surface area contributed by atoms with Gasteiger partial charge in [-0.2, -0.15) is 0 Å². The second kappa shape index (κ2) is 5.69. The lowest BCUT2D eigenvalue weighted by Gasteiger charge is -2.24. The van der Waals surface area contributed by atoms with E-state index in [1.165, 1.54) is 19.3 Å². The molecule has 2 heterocycles. The number of carboxylic acid groups (broad SMARTS) is 1. The Labute approximate surface area is 118 Å². The lowest BCUT2D eigenvalue weighted by molar-refractivity contribution is -0.142. The molecule has 2 saturated heterocycles. The molecule has 20 heavy (non-hydrogen) atoms. The Balaban J connectivity index is 1.56. The summed E-state index contributed by atoms with van der Waals surface area (Å²) in [6.07, 6.45) is 5.72. The molecule has 1 amide bonds. The summed E-state index contributed by atoms with van der Waals surface area (Å²) in [6, 6.07) is -0.0998. The molecular formula is C14H22N2O4. The highest BCUT2D eigenvalue weighted by molar-refractivity contribution is 5.83. The van der Waals surface area contributed by atoms with Crippen molar-refractivity contribution < 1.29 is 19.4 Å². The van der Waals surface area contributed by atoms with Gasteiger partial charge in [-0.1, -0.05) is 12.8 Å². The average Bonchev–Trinajstić information content (AvgIpc) is 3.03. The summed E-state index contributed by atoms with van der Waals surface area (Å²) in [5.74, 6) is -0.987. The van der Waals surface area contributed by atoms with Crippen molar-refractivity contribution in [1.29, 1.82) is 0 Å². The second-order valence-electron chi connectivity index (χ2n) is 6.20.